The highest BCUT2D eigenvalue weighted by Gasteiger charge is 2.91. The molecule has 1 saturated carbocycles. The van der Waals surface area contributed by atoms with Crippen LogP contribution in [0.5, 0.6) is 0 Å². The van der Waals surface area contributed by atoms with E-state index in [9.17, 15) is 9.59 Å². The number of hydrogen-bond acceptors (Lipinski definition) is 4. The van der Waals surface area contributed by atoms with E-state index in [1.54, 1.807) is 13.8 Å². The lowest BCUT2D eigenvalue weighted by Gasteiger charge is -2.37. The molecule has 2 heterocycles. The molecule has 0 amide bonds. The van der Waals surface area contributed by atoms with Gasteiger partial charge in [0, 0.05) is 17.8 Å². The normalized spacial score (nSPS) is 53.4. The number of hydrogen-bond donors (Lipinski definition) is 0. The minimum Gasteiger partial charge on any atom is -0.362 e. The van der Waals surface area contributed by atoms with Gasteiger partial charge >= 0.3 is 0 Å². The van der Waals surface area contributed by atoms with Gasteiger partial charge in [0.25, 0.3) is 0 Å². The van der Waals surface area contributed by atoms with Crippen LogP contribution in [0.15, 0.2) is 23.8 Å². The maximum Gasteiger partial charge on any atom is 0.155 e. The van der Waals surface area contributed by atoms with Crippen LogP contribution in [0.25, 0.3) is 0 Å². The Morgan fingerprint density at radius 2 is 1.58 bits per heavy atom. The Morgan fingerprint density at radius 1 is 1.00 bits per heavy atom. The summed E-state index contributed by atoms with van der Waals surface area (Å²) in [4.78, 5) is 25.3. The molecule has 2 spiro atoms. The van der Waals surface area contributed by atoms with Crippen LogP contribution in [-0.2, 0) is 19.1 Å². The van der Waals surface area contributed by atoms with E-state index in [4.69, 9.17) is 9.47 Å². The molecule has 0 radical (unpaired) electrons. The fourth-order valence-corrected chi connectivity index (χ4v) is 6.66. The molecule has 0 N–H and O–H groups in total. The molecule has 0 aromatic heterocycles. The quantitative estimate of drug-likeness (QED) is 0.577. The van der Waals surface area contributed by atoms with Gasteiger partial charge in [0.15, 0.2) is 5.78 Å². The molecule has 5 rings (SSSR count). The van der Waals surface area contributed by atoms with E-state index in [0.29, 0.717) is 0 Å². The van der Waals surface area contributed by atoms with E-state index in [0.717, 1.165) is 5.57 Å². The number of ketones is 2. The van der Waals surface area contributed by atoms with Crippen molar-refractivity contribution in [2.24, 2.45) is 23.2 Å². The predicted molar refractivity (Wildman–Crippen MR) is 87.3 cm³/mol. The summed E-state index contributed by atoms with van der Waals surface area (Å²) in [6.45, 7) is 11.6. The number of allylic oxidation sites excluding steroid dienone is 1. The number of ether oxygens (including phenoxy) is 2. The lowest BCUT2D eigenvalue weighted by molar-refractivity contribution is -0.128. The van der Waals surface area contributed by atoms with Gasteiger partial charge in [0.05, 0.1) is 16.6 Å². The second kappa shape index (κ2) is 3.49. The Labute approximate surface area is 142 Å². The zero-order chi connectivity index (χ0) is 17.5. The molecular weight excluding hydrogens is 304 g/mol. The minimum atomic E-state index is -0.679. The van der Waals surface area contributed by atoms with Crippen LogP contribution in [-0.4, -0.2) is 34.0 Å². The van der Waals surface area contributed by atoms with E-state index in [1.165, 1.54) is 0 Å². The SMILES string of the molecule is CC(=O)C1=C[C@H]2[C@@H]3[C@@](C(C)=O)(C=C[C@@]34OC4(C)C)[C@@H]1C21OC1(C)C. The first-order chi connectivity index (χ1) is 11.0. The van der Waals surface area contributed by atoms with Gasteiger partial charge in [-0.15, -0.1) is 0 Å². The van der Waals surface area contributed by atoms with Crippen LogP contribution in [0.4, 0.5) is 0 Å². The van der Waals surface area contributed by atoms with Crippen LogP contribution >= 0.6 is 0 Å². The molecule has 1 unspecified atom stereocenters. The summed E-state index contributed by atoms with van der Waals surface area (Å²) in [7, 11) is 0. The lowest BCUT2D eigenvalue weighted by atomic mass is 9.61. The summed E-state index contributed by atoms with van der Waals surface area (Å²) in [5.74, 6) is 0.0413. The minimum absolute atomic E-state index is 0.0207. The summed E-state index contributed by atoms with van der Waals surface area (Å²) in [5.41, 5.74) is -1.35. The lowest BCUT2D eigenvalue weighted by Crippen LogP contribution is -2.45. The Hall–Kier alpha value is -1.26. The topological polar surface area (TPSA) is 59.2 Å². The number of carbonyl (C=O) groups excluding carboxylic acids is 2. The van der Waals surface area contributed by atoms with Crippen molar-refractivity contribution in [3.63, 3.8) is 0 Å². The number of rotatable bonds is 2. The monoisotopic (exact) mass is 328 g/mol. The van der Waals surface area contributed by atoms with Gasteiger partial charge < -0.3 is 9.47 Å². The third-order valence-corrected chi connectivity index (χ3v) is 7.68. The van der Waals surface area contributed by atoms with Crippen LogP contribution in [0.3, 0.4) is 0 Å². The van der Waals surface area contributed by atoms with Crippen molar-refractivity contribution in [1.29, 1.82) is 0 Å². The third-order valence-electron chi connectivity index (χ3n) is 7.68. The molecule has 4 nitrogen and oxygen atoms in total. The van der Waals surface area contributed by atoms with Gasteiger partial charge in [-0.05, 0) is 47.1 Å². The highest BCUT2D eigenvalue weighted by atomic mass is 16.6. The Morgan fingerprint density at radius 3 is 2.00 bits per heavy atom. The molecule has 0 aromatic carbocycles. The van der Waals surface area contributed by atoms with Crippen LogP contribution in [0.1, 0.15) is 41.5 Å². The molecule has 2 saturated heterocycles. The number of epoxide rings is 2. The fourth-order valence-electron chi connectivity index (χ4n) is 6.66. The van der Waals surface area contributed by atoms with E-state index in [-0.39, 0.29) is 40.5 Å². The molecule has 4 heteroatoms. The van der Waals surface area contributed by atoms with Crippen molar-refractivity contribution in [3.05, 3.63) is 23.8 Å². The maximum absolute atomic E-state index is 13.0. The number of carbonyl (C=O) groups is 2. The van der Waals surface area contributed by atoms with E-state index in [1.807, 2.05) is 0 Å². The Bertz CT molecular complexity index is 787. The fraction of sp³-hybridized carbons (Fsp3) is 0.700. The van der Waals surface area contributed by atoms with Crippen LogP contribution in [0.2, 0.25) is 0 Å². The molecular formula is C20H24O4. The molecule has 3 fully saturated rings. The van der Waals surface area contributed by atoms with Gasteiger partial charge in [-0.2, -0.15) is 0 Å². The largest absolute Gasteiger partial charge is 0.362 e. The van der Waals surface area contributed by atoms with Gasteiger partial charge in [-0.1, -0.05) is 18.2 Å². The van der Waals surface area contributed by atoms with Gasteiger partial charge in [-0.25, -0.2) is 0 Å². The summed E-state index contributed by atoms with van der Waals surface area (Å²) >= 11 is 0. The first kappa shape index (κ1) is 15.0. The number of fused-ring (bicyclic) bond motifs is 4. The van der Waals surface area contributed by atoms with Crippen molar-refractivity contribution in [3.8, 4) is 0 Å². The van der Waals surface area contributed by atoms with Crippen LogP contribution < -0.4 is 0 Å². The van der Waals surface area contributed by atoms with Gasteiger partial charge in [-0.3, -0.25) is 9.59 Å². The highest BCUT2D eigenvalue weighted by molar-refractivity contribution is 5.99. The molecule has 6 atom stereocenters. The second-order valence-electron chi connectivity index (χ2n) is 9.25. The predicted octanol–water partition coefficient (Wildman–Crippen LogP) is 2.62. The molecule has 2 bridgehead atoms. The van der Waals surface area contributed by atoms with E-state index < -0.39 is 16.6 Å². The maximum atomic E-state index is 13.0. The molecule has 2 aliphatic heterocycles. The first-order valence-corrected chi connectivity index (χ1v) is 8.82. The molecule has 0 aromatic rings. The van der Waals surface area contributed by atoms with Crippen molar-refractivity contribution in [1.82, 2.24) is 0 Å². The van der Waals surface area contributed by atoms with Crippen LogP contribution in [0, 0.1) is 23.2 Å². The summed E-state index contributed by atoms with van der Waals surface area (Å²) in [6, 6.07) is 0. The smallest absolute Gasteiger partial charge is 0.155 e. The summed E-state index contributed by atoms with van der Waals surface area (Å²) in [5, 5.41) is 0. The molecule has 24 heavy (non-hydrogen) atoms. The third kappa shape index (κ3) is 1.15. The number of Topliss-reactive ketones (excluding diaryl/α,β-unsaturated/α-hetero) is 2. The van der Waals surface area contributed by atoms with E-state index >= 15 is 0 Å². The molecule has 128 valence electrons. The van der Waals surface area contributed by atoms with Crippen molar-refractivity contribution in [2.45, 2.75) is 63.9 Å². The average molecular weight is 328 g/mol. The summed E-state index contributed by atoms with van der Waals surface area (Å²) < 4.78 is 12.4. The Kier molecular flexibility index (Phi) is 2.19. The standard InChI is InChI=1S/C20H24O4/c1-10(21)12-9-13-15-18(11(2)22,7-8-19(15)16(3,4)23-19)14(12)20(13)17(5,6)24-20/h7-9,13-15H,1-6H3/t13-,14+,15+,18+,19+,20?/m0/s1. The van der Waals surface area contributed by atoms with Gasteiger partial charge in [0.1, 0.15) is 17.0 Å². The highest BCUT2D eigenvalue weighted by Crippen LogP contribution is 2.82. The van der Waals surface area contributed by atoms with Crippen molar-refractivity contribution < 1.29 is 19.1 Å². The average Bonchev–Trinajstić information content (AvgIpc) is 2.98. The Balaban J connectivity index is 1.77. The first-order valence-electron chi connectivity index (χ1n) is 8.82. The zero-order valence-corrected chi connectivity index (χ0v) is 15.1. The second-order valence-corrected chi connectivity index (χ2v) is 9.25. The zero-order valence-electron chi connectivity index (χ0n) is 15.1. The van der Waals surface area contributed by atoms with Crippen molar-refractivity contribution in [2.75, 3.05) is 0 Å². The molecule has 3 aliphatic carbocycles. The van der Waals surface area contributed by atoms with Crippen molar-refractivity contribution >= 4 is 11.6 Å². The summed E-state index contributed by atoms with van der Waals surface area (Å²) in [6.07, 6.45) is 6.24. The van der Waals surface area contributed by atoms with Gasteiger partial charge in [0.2, 0.25) is 0 Å². The molecule has 5 aliphatic rings. The van der Waals surface area contributed by atoms with E-state index in [2.05, 4.69) is 45.9 Å².